The summed E-state index contributed by atoms with van der Waals surface area (Å²) >= 11 is 0. The lowest BCUT2D eigenvalue weighted by Crippen LogP contribution is -2.34. The molecule has 2 heterocycles. The number of rotatable bonds is 9. The van der Waals surface area contributed by atoms with Crippen LogP contribution < -0.4 is 5.32 Å². The predicted octanol–water partition coefficient (Wildman–Crippen LogP) is 5.22. The lowest BCUT2D eigenvalue weighted by Gasteiger charge is -2.35. The Bertz CT molecular complexity index is 1290. The summed E-state index contributed by atoms with van der Waals surface area (Å²) in [7, 11) is -3.41. The van der Waals surface area contributed by atoms with E-state index in [2.05, 4.69) is 29.0 Å². The molecule has 11 heteroatoms. The summed E-state index contributed by atoms with van der Waals surface area (Å²) in [6.45, 7) is 6.74. The zero-order valence-electron chi connectivity index (χ0n) is 23.1. The van der Waals surface area contributed by atoms with Crippen molar-refractivity contribution >= 4 is 15.7 Å². The number of amides is 1. The number of aliphatic hydroxyl groups excluding tert-OH is 1. The van der Waals surface area contributed by atoms with Crippen molar-refractivity contribution in [3.63, 3.8) is 0 Å². The number of hydrogen-bond acceptors (Lipinski definition) is 6. The van der Waals surface area contributed by atoms with Gasteiger partial charge in [-0.05, 0) is 72.9 Å². The Labute approximate surface area is 234 Å². The second-order valence-electron chi connectivity index (χ2n) is 11.3. The third-order valence-corrected chi connectivity index (χ3v) is 9.99. The highest BCUT2D eigenvalue weighted by molar-refractivity contribution is 7.91. The molecular weight excluding hydrogens is 543 g/mol. The maximum Gasteiger partial charge on any atom is 0.391 e. The van der Waals surface area contributed by atoms with Gasteiger partial charge in [0.15, 0.2) is 9.84 Å². The molecule has 1 aliphatic carbocycles. The first-order chi connectivity index (χ1) is 18.8. The molecule has 1 amide bonds. The zero-order chi connectivity index (χ0) is 29.2. The minimum atomic E-state index is -4.11. The van der Waals surface area contributed by atoms with Crippen molar-refractivity contribution < 1.29 is 31.5 Å². The molecule has 7 nitrogen and oxygen atoms in total. The van der Waals surface area contributed by atoms with Gasteiger partial charge in [-0.1, -0.05) is 26.8 Å². The van der Waals surface area contributed by atoms with Crippen molar-refractivity contribution in [2.45, 2.75) is 76.2 Å². The number of carbonyl (C=O) groups is 1. The minimum absolute atomic E-state index is 0.0548. The number of aromatic nitrogens is 1. The van der Waals surface area contributed by atoms with Crippen molar-refractivity contribution in [2.24, 2.45) is 17.8 Å². The van der Waals surface area contributed by atoms with E-state index in [0.717, 1.165) is 17.7 Å². The number of alkyl halides is 3. The van der Waals surface area contributed by atoms with E-state index in [1.807, 2.05) is 12.1 Å². The van der Waals surface area contributed by atoms with Gasteiger partial charge in [0.1, 0.15) is 0 Å². The molecule has 0 unspecified atom stereocenters. The van der Waals surface area contributed by atoms with Crippen molar-refractivity contribution in [1.82, 2.24) is 15.2 Å². The molecule has 0 spiro atoms. The monoisotopic (exact) mass is 581 g/mol. The zero-order valence-corrected chi connectivity index (χ0v) is 23.9. The molecule has 220 valence electrons. The van der Waals surface area contributed by atoms with Gasteiger partial charge < -0.3 is 10.4 Å². The van der Waals surface area contributed by atoms with Crippen LogP contribution in [-0.2, 0) is 16.4 Å². The molecule has 1 saturated carbocycles. The Balaban J connectivity index is 1.44. The van der Waals surface area contributed by atoms with Crippen LogP contribution in [0.15, 0.2) is 41.4 Å². The third kappa shape index (κ3) is 6.69. The van der Waals surface area contributed by atoms with Crippen LogP contribution in [0.2, 0.25) is 0 Å². The van der Waals surface area contributed by atoms with Crippen LogP contribution in [0, 0.1) is 17.8 Å². The molecular formula is C29H38F3N3O4S. The molecule has 1 aromatic carbocycles. The highest BCUT2D eigenvalue weighted by Gasteiger charge is 2.42. The Morgan fingerprint density at radius 3 is 2.40 bits per heavy atom. The first kappa shape index (κ1) is 30.5. The van der Waals surface area contributed by atoms with Gasteiger partial charge in [0.05, 0.1) is 34.9 Å². The molecule has 1 aliphatic heterocycles. The lowest BCUT2D eigenvalue weighted by atomic mass is 9.81. The first-order valence-electron chi connectivity index (χ1n) is 13.9. The molecule has 0 saturated heterocycles. The van der Waals surface area contributed by atoms with Gasteiger partial charge in [-0.15, -0.1) is 0 Å². The SMILES string of the molecule is CCS(=O)(=O)c1ccc([C@H](CO)NC(=O)c2ccc3c(c2)CN(C[C@H]2CC[C@H](C(F)(F)F)CC2)[C@@H]3C(C)C)nc1. The molecule has 2 atom stereocenters. The number of aliphatic hydroxyl groups is 1. The van der Waals surface area contributed by atoms with Crippen LogP contribution in [-0.4, -0.2) is 54.4 Å². The number of carbonyl (C=O) groups excluding carboxylic acids is 1. The average molecular weight is 582 g/mol. The van der Waals surface area contributed by atoms with Gasteiger partial charge in [-0.3, -0.25) is 14.7 Å². The highest BCUT2D eigenvalue weighted by atomic mass is 32.2. The van der Waals surface area contributed by atoms with Gasteiger partial charge in [0, 0.05) is 30.9 Å². The quantitative estimate of drug-likeness (QED) is 0.421. The van der Waals surface area contributed by atoms with Crippen LogP contribution in [0.25, 0.3) is 0 Å². The number of pyridine rings is 1. The van der Waals surface area contributed by atoms with Crippen molar-refractivity contribution in [2.75, 3.05) is 18.9 Å². The van der Waals surface area contributed by atoms with E-state index in [0.29, 0.717) is 30.6 Å². The molecule has 1 fully saturated rings. The van der Waals surface area contributed by atoms with Crippen LogP contribution in [0.1, 0.15) is 85.7 Å². The number of sulfone groups is 1. The lowest BCUT2D eigenvalue weighted by molar-refractivity contribution is -0.184. The second-order valence-corrected chi connectivity index (χ2v) is 13.6. The molecule has 40 heavy (non-hydrogen) atoms. The van der Waals surface area contributed by atoms with Gasteiger partial charge in [-0.2, -0.15) is 13.2 Å². The van der Waals surface area contributed by atoms with Crippen LogP contribution >= 0.6 is 0 Å². The Hall–Kier alpha value is -2.50. The number of halogens is 3. The van der Waals surface area contributed by atoms with Gasteiger partial charge >= 0.3 is 6.18 Å². The van der Waals surface area contributed by atoms with E-state index in [-0.39, 0.29) is 47.3 Å². The Morgan fingerprint density at radius 1 is 1.15 bits per heavy atom. The fourth-order valence-electron chi connectivity index (χ4n) is 6.05. The summed E-state index contributed by atoms with van der Waals surface area (Å²) in [5.41, 5.74) is 2.92. The largest absolute Gasteiger partial charge is 0.394 e. The number of hydrogen-bond donors (Lipinski definition) is 2. The van der Waals surface area contributed by atoms with Gasteiger partial charge in [0.25, 0.3) is 5.91 Å². The van der Waals surface area contributed by atoms with Crippen molar-refractivity contribution in [1.29, 1.82) is 0 Å². The number of nitrogens with zero attached hydrogens (tertiary/aromatic N) is 2. The van der Waals surface area contributed by atoms with Crippen LogP contribution in [0.3, 0.4) is 0 Å². The maximum absolute atomic E-state index is 13.1. The molecule has 1 aromatic heterocycles. The van der Waals surface area contributed by atoms with E-state index in [1.165, 1.54) is 18.3 Å². The molecule has 0 radical (unpaired) electrons. The number of nitrogens with one attached hydrogen (secondary N) is 1. The summed E-state index contributed by atoms with van der Waals surface area (Å²) in [4.78, 5) is 19.7. The number of fused-ring (bicyclic) bond motifs is 1. The molecule has 2 N–H and O–H groups in total. The second kappa shape index (κ2) is 12.2. The standard InChI is InChI=1S/C29H38F3N3O4S/c1-4-40(38,39)23-10-12-25(33-14-23)26(17-36)34-28(37)20-7-11-24-21(13-20)16-35(27(24)18(2)3)15-19-5-8-22(9-6-19)29(30,31)32/h7,10-14,18-19,22,26-27,36H,4-6,8-9,15-17H2,1-3H3,(H,34,37)/t19-,22-,26-,27+/m0/s1. The smallest absolute Gasteiger partial charge is 0.391 e. The molecule has 0 bridgehead atoms. The maximum atomic E-state index is 13.1. The van der Waals surface area contributed by atoms with Crippen molar-refractivity contribution in [3.8, 4) is 0 Å². The Kier molecular flexibility index (Phi) is 9.26. The van der Waals surface area contributed by atoms with E-state index in [9.17, 15) is 31.5 Å². The van der Waals surface area contributed by atoms with Gasteiger partial charge in [-0.25, -0.2) is 8.42 Å². The molecule has 4 rings (SSSR count). The van der Waals surface area contributed by atoms with E-state index in [4.69, 9.17) is 0 Å². The minimum Gasteiger partial charge on any atom is -0.394 e. The van der Waals surface area contributed by atoms with Gasteiger partial charge in [0.2, 0.25) is 0 Å². The molecule has 2 aromatic rings. The fourth-order valence-corrected chi connectivity index (χ4v) is 6.87. The predicted molar refractivity (Wildman–Crippen MR) is 145 cm³/mol. The average Bonchev–Trinajstić information content (AvgIpc) is 3.28. The van der Waals surface area contributed by atoms with E-state index in [1.54, 1.807) is 13.0 Å². The fraction of sp³-hybridized carbons (Fsp3) is 0.586. The topological polar surface area (TPSA) is 99.6 Å². The Morgan fingerprint density at radius 2 is 1.85 bits per heavy atom. The van der Waals surface area contributed by atoms with Crippen LogP contribution in [0.5, 0.6) is 0 Å². The van der Waals surface area contributed by atoms with E-state index >= 15 is 0 Å². The molecule has 2 aliphatic rings. The summed E-state index contributed by atoms with van der Waals surface area (Å²) in [5.74, 6) is -1.13. The summed E-state index contributed by atoms with van der Waals surface area (Å²) in [5, 5.41) is 12.7. The summed E-state index contributed by atoms with van der Waals surface area (Å²) in [6.07, 6.45) is -1.38. The highest BCUT2D eigenvalue weighted by Crippen LogP contribution is 2.43. The first-order valence-corrected chi connectivity index (χ1v) is 15.5. The summed E-state index contributed by atoms with van der Waals surface area (Å²) in [6, 6.07) is 7.76. The van der Waals surface area contributed by atoms with E-state index < -0.39 is 34.6 Å². The van der Waals surface area contributed by atoms with Crippen molar-refractivity contribution in [3.05, 3.63) is 58.9 Å². The number of benzene rings is 1. The normalized spacial score (nSPS) is 22.8. The summed E-state index contributed by atoms with van der Waals surface area (Å²) < 4.78 is 63.4. The third-order valence-electron chi connectivity index (χ3n) is 8.27. The van der Waals surface area contributed by atoms with Crippen LogP contribution in [0.4, 0.5) is 13.2 Å².